The summed E-state index contributed by atoms with van der Waals surface area (Å²) in [6, 6.07) is 1.82. The Kier molecular flexibility index (Phi) is 3.20. The van der Waals surface area contributed by atoms with Crippen molar-refractivity contribution in [2.45, 2.75) is 16.3 Å². The maximum absolute atomic E-state index is 5.59. The quantitative estimate of drug-likeness (QED) is 0.800. The van der Waals surface area contributed by atoms with Gasteiger partial charge in [0.25, 0.3) is 0 Å². The van der Waals surface area contributed by atoms with Crippen molar-refractivity contribution in [1.82, 2.24) is 19.3 Å². The molecule has 2 aromatic heterocycles. The van der Waals surface area contributed by atoms with Crippen LogP contribution >= 0.6 is 23.3 Å². The van der Waals surface area contributed by atoms with Crippen molar-refractivity contribution >= 4 is 35.1 Å². The van der Waals surface area contributed by atoms with Gasteiger partial charge in [-0.3, -0.25) is 0 Å². The van der Waals surface area contributed by atoms with Gasteiger partial charge in [-0.15, -0.1) is 0 Å². The van der Waals surface area contributed by atoms with Gasteiger partial charge in [0.15, 0.2) is 4.34 Å². The summed E-state index contributed by atoms with van der Waals surface area (Å²) in [6.45, 7) is 1.86. The van der Waals surface area contributed by atoms with Crippen molar-refractivity contribution in [3.05, 3.63) is 11.9 Å². The maximum Gasteiger partial charge on any atom is 0.223 e. The molecule has 0 spiro atoms. The molecule has 0 amide bonds. The number of rotatable bonds is 3. The number of aromatic nitrogens is 4. The zero-order valence-corrected chi connectivity index (χ0v) is 10.4. The van der Waals surface area contributed by atoms with E-state index in [0.717, 1.165) is 15.2 Å². The maximum atomic E-state index is 5.59. The van der Waals surface area contributed by atoms with Gasteiger partial charge >= 0.3 is 0 Å². The van der Waals surface area contributed by atoms with Gasteiger partial charge in [-0.2, -0.15) is 9.36 Å². The van der Waals surface area contributed by atoms with Crippen LogP contribution in [0.2, 0.25) is 0 Å². The molecule has 0 fully saturated rings. The van der Waals surface area contributed by atoms with E-state index in [0.29, 0.717) is 5.82 Å². The van der Waals surface area contributed by atoms with Crippen LogP contribution in [0.15, 0.2) is 15.4 Å². The molecule has 2 rings (SSSR count). The molecule has 0 aliphatic rings. The number of nitrogen functional groups attached to an aromatic ring is 1. The molecule has 2 aromatic rings. The molecule has 0 aliphatic heterocycles. The highest BCUT2D eigenvalue weighted by molar-refractivity contribution is 8.00. The highest BCUT2D eigenvalue weighted by Gasteiger charge is 2.07. The second-order valence-electron chi connectivity index (χ2n) is 2.91. The number of nitrogens with one attached hydrogen (secondary N) is 1. The van der Waals surface area contributed by atoms with Gasteiger partial charge in [-0.05, 0) is 30.2 Å². The number of hydrogen-bond acceptors (Lipinski definition) is 8. The second-order valence-corrected chi connectivity index (χ2v) is 4.93. The zero-order chi connectivity index (χ0) is 11.5. The lowest BCUT2D eigenvalue weighted by Crippen LogP contribution is -2.00. The number of nitrogens with two attached hydrogens (primary N) is 1. The third-order valence-corrected chi connectivity index (χ3v) is 3.44. The Bertz CT molecular complexity index is 497. The summed E-state index contributed by atoms with van der Waals surface area (Å²) < 4.78 is 4.94. The molecule has 3 N–H and O–H groups in total. The lowest BCUT2D eigenvalue weighted by atomic mass is 10.6. The summed E-state index contributed by atoms with van der Waals surface area (Å²) in [7, 11) is 1.78. The summed E-state index contributed by atoms with van der Waals surface area (Å²) in [5.41, 5.74) is 5.59. The molecule has 0 saturated heterocycles. The normalized spacial score (nSPS) is 10.4. The van der Waals surface area contributed by atoms with Crippen LogP contribution in [0.1, 0.15) is 5.82 Å². The molecule has 2 heterocycles. The second kappa shape index (κ2) is 4.62. The van der Waals surface area contributed by atoms with E-state index in [1.807, 2.05) is 13.0 Å². The minimum atomic E-state index is 0.246. The van der Waals surface area contributed by atoms with Gasteiger partial charge in [0.2, 0.25) is 5.95 Å². The first-order chi connectivity index (χ1) is 7.67. The van der Waals surface area contributed by atoms with E-state index in [1.165, 1.54) is 23.3 Å². The van der Waals surface area contributed by atoms with Crippen molar-refractivity contribution < 1.29 is 0 Å². The van der Waals surface area contributed by atoms with Crippen molar-refractivity contribution in [2.75, 3.05) is 18.1 Å². The Morgan fingerprint density at radius 2 is 2.19 bits per heavy atom. The van der Waals surface area contributed by atoms with Gasteiger partial charge in [0, 0.05) is 13.1 Å². The van der Waals surface area contributed by atoms with E-state index >= 15 is 0 Å². The third-order valence-electron chi connectivity index (χ3n) is 1.68. The van der Waals surface area contributed by atoms with E-state index in [4.69, 9.17) is 5.73 Å². The van der Waals surface area contributed by atoms with E-state index in [2.05, 4.69) is 24.6 Å². The van der Waals surface area contributed by atoms with Crippen molar-refractivity contribution in [2.24, 2.45) is 0 Å². The van der Waals surface area contributed by atoms with E-state index in [-0.39, 0.29) is 5.95 Å². The fraction of sp³-hybridized carbons (Fsp3) is 0.250. The third kappa shape index (κ3) is 2.58. The monoisotopic (exact) mass is 254 g/mol. The topological polar surface area (TPSA) is 89.6 Å². The van der Waals surface area contributed by atoms with Crippen LogP contribution in [0.3, 0.4) is 0 Å². The SMILES string of the molecule is CNc1cc(Sc2nc(C)ns2)nc(N)n1. The summed E-state index contributed by atoms with van der Waals surface area (Å²) in [5.74, 6) is 1.70. The zero-order valence-electron chi connectivity index (χ0n) is 8.76. The first kappa shape index (κ1) is 11.1. The van der Waals surface area contributed by atoms with Gasteiger partial charge in [0.1, 0.15) is 16.7 Å². The van der Waals surface area contributed by atoms with E-state index in [1.54, 1.807) is 7.05 Å². The molecule has 84 valence electrons. The van der Waals surface area contributed by atoms with Crippen LogP contribution in [0.4, 0.5) is 11.8 Å². The lowest BCUT2D eigenvalue weighted by molar-refractivity contribution is 1.05. The van der Waals surface area contributed by atoms with Gasteiger partial charge in [0.05, 0.1) is 0 Å². The predicted octanol–water partition coefficient (Wildman–Crippen LogP) is 1.41. The average molecular weight is 254 g/mol. The minimum absolute atomic E-state index is 0.246. The fourth-order valence-electron chi connectivity index (χ4n) is 1.03. The van der Waals surface area contributed by atoms with Crippen molar-refractivity contribution in [1.29, 1.82) is 0 Å². The van der Waals surface area contributed by atoms with Crippen molar-refractivity contribution in [3.8, 4) is 0 Å². The van der Waals surface area contributed by atoms with E-state index < -0.39 is 0 Å². The molecular formula is C8H10N6S2. The Balaban J connectivity index is 2.24. The number of hydrogen-bond donors (Lipinski definition) is 2. The molecule has 0 unspecified atom stereocenters. The van der Waals surface area contributed by atoms with Crippen LogP contribution < -0.4 is 11.1 Å². The fourth-order valence-corrected chi connectivity index (χ4v) is 2.64. The molecule has 8 heteroatoms. The molecule has 0 radical (unpaired) electrons. The molecule has 6 nitrogen and oxygen atoms in total. The molecule has 16 heavy (non-hydrogen) atoms. The highest BCUT2D eigenvalue weighted by atomic mass is 32.2. The molecule has 0 bridgehead atoms. The van der Waals surface area contributed by atoms with Crippen molar-refractivity contribution in [3.63, 3.8) is 0 Å². The van der Waals surface area contributed by atoms with Gasteiger partial charge in [-0.1, -0.05) is 0 Å². The predicted molar refractivity (Wildman–Crippen MR) is 64.8 cm³/mol. The Morgan fingerprint density at radius 1 is 1.38 bits per heavy atom. The van der Waals surface area contributed by atoms with Crippen LogP contribution in [-0.4, -0.2) is 26.4 Å². The molecule has 0 aliphatic carbocycles. The Morgan fingerprint density at radius 3 is 2.81 bits per heavy atom. The number of anilines is 2. The minimum Gasteiger partial charge on any atom is -0.373 e. The van der Waals surface area contributed by atoms with Gasteiger partial charge < -0.3 is 11.1 Å². The summed E-state index contributed by atoms with van der Waals surface area (Å²) in [4.78, 5) is 12.4. The summed E-state index contributed by atoms with van der Waals surface area (Å²) in [6.07, 6.45) is 0. The smallest absolute Gasteiger partial charge is 0.223 e. The summed E-state index contributed by atoms with van der Waals surface area (Å²) >= 11 is 2.77. The largest absolute Gasteiger partial charge is 0.373 e. The average Bonchev–Trinajstić information content (AvgIpc) is 2.63. The standard InChI is InChI=1S/C8H10N6S2/c1-4-11-8(16-14-4)15-6-3-5(10-2)12-7(9)13-6/h3H,1-2H3,(H3,9,10,12,13). The van der Waals surface area contributed by atoms with Crippen LogP contribution in [0.25, 0.3) is 0 Å². The number of aryl methyl sites for hydroxylation is 1. The first-order valence-corrected chi connectivity index (χ1v) is 6.07. The molecule has 0 atom stereocenters. The molecular weight excluding hydrogens is 244 g/mol. The summed E-state index contributed by atoms with van der Waals surface area (Å²) in [5, 5.41) is 3.68. The van der Waals surface area contributed by atoms with E-state index in [9.17, 15) is 0 Å². The number of nitrogens with zero attached hydrogens (tertiary/aromatic N) is 4. The van der Waals surface area contributed by atoms with Crippen LogP contribution in [-0.2, 0) is 0 Å². The van der Waals surface area contributed by atoms with Crippen LogP contribution in [0.5, 0.6) is 0 Å². The molecule has 0 aromatic carbocycles. The highest BCUT2D eigenvalue weighted by Crippen LogP contribution is 2.28. The lowest BCUT2D eigenvalue weighted by Gasteiger charge is -2.02. The Labute approximate surface area is 101 Å². The van der Waals surface area contributed by atoms with Crippen LogP contribution in [0, 0.1) is 6.92 Å². The van der Waals surface area contributed by atoms with Gasteiger partial charge in [-0.25, -0.2) is 9.97 Å². The molecule has 0 saturated carbocycles. The first-order valence-electron chi connectivity index (χ1n) is 4.48. The Hall–Kier alpha value is -1.41.